The smallest absolute Gasteiger partial charge is 0.251 e. The molecule has 6 heteroatoms. The predicted molar refractivity (Wildman–Crippen MR) is 89.7 cm³/mol. The molecule has 1 atom stereocenters. The van der Waals surface area contributed by atoms with E-state index in [9.17, 15) is 9.90 Å². The first-order valence-electron chi connectivity index (χ1n) is 8.22. The molecule has 4 N–H and O–H groups in total. The molecule has 6 nitrogen and oxygen atoms in total. The molecule has 2 rings (SSSR count). The number of ether oxygens (including phenoxy) is 1. The fourth-order valence-electron chi connectivity index (χ4n) is 2.71. The molecule has 0 spiro atoms. The number of carbonyl (C=O) groups is 1. The minimum Gasteiger partial charge on any atom is -0.492 e. The van der Waals surface area contributed by atoms with Crippen molar-refractivity contribution in [2.24, 2.45) is 5.73 Å². The molecule has 1 saturated heterocycles. The van der Waals surface area contributed by atoms with Crippen molar-refractivity contribution in [3.63, 3.8) is 0 Å². The Balaban J connectivity index is 1.84. The molecule has 0 bridgehead atoms. The highest BCUT2D eigenvalue weighted by Gasteiger charge is 2.17. The minimum atomic E-state index is -0.546. The number of carbonyl (C=O) groups excluding carboxylic acids is 1. The zero-order valence-corrected chi connectivity index (χ0v) is 13.8. The number of hydrogen-bond acceptors (Lipinski definition) is 5. The van der Waals surface area contributed by atoms with Gasteiger partial charge < -0.3 is 25.8 Å². The monoisotopic (exact) mass is 321 g/mol. The summed E-state index contributed by atoms with van der Waals surface area (Å²) in [6.45, 7) is 5.70. The zero-order valence-electron chi connectivity index (χ0n) is 13.8. The Hall–Kier alpha value is -1.63. The maximum Gasteiger partial charge on any atom is 0.251 e. The minimum absolute atomic E-state index is 0.205. The molecule has 1 heterocycles. The van der Waals surface area contributed by atoms with Gasteiger partial charge in [0.15, 0.2) is 0 Å². The quantitative estimate of drug-likeness (QED) is 0.650. The number of amides is 1. The van der Waals surface area contributed by atoms with Crippen LogP contribution in [0.1, 0.15) is 28.8 Å². The molecule has 0 unspecified atom stereocenters. The lowest BCUT2D eigenvalue weighted by atomic mass is 10.1. The molecule has 0 aliphatic carbocycles. The molecule has 23 heavy (non-hydrogen) atoms. The van der Waals surface area contributed by atoms with Gasteiger partial charge in [-0.3, -0.25) is 4.79 Å². The molecule has 1 aromatic carbocycles. The predicted octanol–water partition coefficient (Wildman–Crippen LogP) is 0.519. The number of nitrogens with two attached hydrogens (primary N) is 1. The van der Waals surface area contributed by atoms with Crippen LogP contribution in [0.5, 0.6) is 5.75 Å². The SMILES string of the molecule is Cc1ccc(C(=O)NC[C@H](O)CN2CCCC2)cc1OCCN. The third-order valence-corrected chi connectivity index (χ3v) is 3.99. The van der Waals surface area contributed by atoms with Crippen molar-refractivity contribution in [1.82, 2.24) is 10.2 Å². The summed E-state index contributed by atoms with van der Waals surface area (Å²) < 4.78 is 5.53. The first-order valence-corrected chi connectivity index (χ1v) is 8.22. The van der Waals surface area contributed by atoms with Gasteiger partial charge in [-0.1, -0.05) is 6.07 Å². The Morgan fingerprint density at radius 1 is 1.43 bits per heavy atom. The summed E-state index contributed by atoms with van der Waals surface area (Å²) in [5, 5.41) is 12.8. The fraction of sp³-hybridized carbons (Fsp3) is 0.588. The van der Waals surface area contributed by atoms with Gasteiger partial charge in [0.1, 0.15) is 12.4 Å². The highest BCUT2D eigenvalue weighted by atomic mass is 16.5. The molecule has 0 radical (unpaired) electrons. The summed E-state index contributed by atoms with van der Waals surface area (Å²) >= 11 is 0. The summed E-state index contributed by atoms with van der Waals surface area (Å²) in [5.74, 6) is 0.462. The summed E-state index contributed by atoms with van der Waals surface area (Å²) in [6, 6.07) is 5.32. The first kappa shape index (κ1) is 17.7. The summed E-state index contributed by atoms with van der Waals surface area (Å²) in [6.07, 6.45) is 1.83. The Morgan fingerprint density at radius 3 is 2.87 bits per heavy atom. The van der Waals surface area contributed by atoms with Crippen molar-refractivity contribution < 1.29 is 14.6 Å². The third-order valence-electron chi connectivity index (χ3n) is 3.99. The number of aryl methyl sites for hydroxylation is 1. The largest absolute Gasteiger partial charge is 0.492 e. The fourth-order valence-corrected chi connectivity index (χ4v) is 2.71. The van der Waals surface area contributed by atoms with E-state index in [0.29, 0.717) is 31.0 Å². The van der Waals surface area contributed by atoms with Gasteiger partial charge in [0.05, 0.1) is 6.10 Å². The lowest BCUT2D eigenvalue weighted by molar-refractivity contribution is 0.0879. The van der Waals surface area contributed by atoms with Gasteiger partial charge in [-0.15, -0.1) is 0 Å². The molecule has 1 aliphatic heterocycles. The van der Waals surface area contributed by atoms with Crippen molar-refractivity contribution >= 4 is 5.91 Å². The second kappa shape index (κ2) is 8.86. The highest BCUT2D eigenvalue weighted by Crippen LogP contribution is 2.19. The van der Waals surface area contributed by atoms with E-state index >= 15 is 0 Å². The van der Waals surface area contributed by atoms with Crippen molar-refractivity contribution in [1.29, 1.82) is 0 Å². The van der Waals surface area contributed by atoms with Crippen molar-refractivity contribution in [3.05, 3.63) is 29.3 Å². The standard InChI is InChI=1S/C17H27N3O3/c1-13-4-5-14(10-16(13)23-9-6-18)17(22)19-11-15(21)12-20-7-2-3-8-20/h4-5,10,15,21H,2-3,6-9,11-12,18H2,1H3,(H,19,22)/t15-/m0/s1. The molecular formula is C17H27N3O3. The van der Waals surface area contributed by atoms with Crippen LogP contribution in [0.3, 0.4) is 0 Å². The number of likely N-dealkylation sites (tertiary alicyclic amines) is 1. The molecule has 0 saturated carbocycles. The van der Waals surface area contributed by atoms with Crippen molar-refractivity contribution in [3.8, 4) is 5.75 Å². The van der Waals surface area contributed by atoms with E-state index < -0.39 is 6.10 Å². The lowest BCUT2D eigenvalue weighted by Gasteiger charge is -2.19. The van der Waals surface area contributed by atoms with E-state index in [1.807, 2.05) is 13.0 Å². The summed E-state index contributed by atoms with van der Waals surface area (Å²) in [5.41, 5.74) is 6.92. The van der Waals surface area contributed by atoms with E-state index in [1.165, 1.54) is 12.8 Å². The summed E-state index contributed by atoms with van der Waals surface area (Å²) in [4.78, 5) is 14.4. The second-order valence-electron chi connectivity index (χ2n) is 5.99. The molecule has 1 amide bonds. The van der Waals surface area contributed by atoms with E-state index in [1.54, 1.807) is 12.1 Å². The molecule has 128 valence electrons. The number of nitrogens with zero attached hydrogens (tertiary/aromatic N) is 1. The maximum absolute atomic E-state index is 12.2. The van der Waals surface area contributed by atoms with Gasteiger partial charge in [0.25, 0.3) is 5.91 Å². The van der Waals surface area contributed by atoms with Gasteiger partial charge in [0, 0.05) is 25.2 Å². The van der Waals surface area contributed by atoms with Crippen LogP contribution in [0.4, 0.5) is 0 Å². The normalized spacial score (nSPS) is 16.3. The number of aliphatic hydroxyl groups is 1. The second-order valence-corrected chi connectivity index (χ2v) is 5.99. The van der Waals surface area contributed by atoms with E-state index in [4.69, 9.17) is 10.5 Å². The van der Waals surface area contributed by atoms with Crippen LogP contribution in [0.2, 0.25) is 0 Å². The number of hydrogen-bond donors (Lipinski definition) is 3. The average molecular weight is 321 g/mol. The van der Waals surface area contributed by atoms with E-state index in [2.05, 4.69) is 10.2 Å². The Kier molecular flexibility index (Phi) is 6.83. The van der Waals surface area contributed by atoms with Crippen molar-refractivity contribution in [2.45, 2.75) is 25.9 Å². The zero-order chi connectivity index (χ0) is 16.7. The van der Waals surface area contributed by atoms with Crippen LogP contribution in [0, 0.1) is 6.92 Å². The van der Waals surface area contributed by atoms with Crippen LogP contribution < -0.4 is 15.8 Å². The van der Waals surface area contributed by atoms with Gasteiger partial charge in [-0.25, -0.2) is 0 Å². The molecule has 1 aliphatic rings. The number of benzene rings is 1. The van der Waals surface area contributed by atoms with Crippen LogP contribution in [-0.4, -0.2) is 61.3 Å². The highest BCUT2D eigenvalue weighted by molar-refractivity contribution is 5.94. The first-order chi connectivity index (χ1) is 11.1. The van der Waals surface area contributed by atoms with Gasteiger partial charge in [-0.05, 0) is 50.6 Å². The topological polar surface area (TPSA) is 87.8 Å². The van der Waals surface area contributed by atoms with Crippen LogP contribution >= 0.6 is 0 Å². The molecule has 1 fully saturated rings. The third kappa shape index (κ3) is 5.49. The molecular weight excluding hydrogens is 294 g/mol. The number of rotatable bonds is 8. The van der Waals surface area contributed by atoms with Crippen LogP contribution in [-0.2, 0) is 0 Å². The van der Waals surface area contributed by atoms with Gasteiger partial charge >= 0.3 is 0 Å². The average Bonchev–Trinajstić information content (AvgIpc) is 3.04. The van der Waals surface area contributed by atoms with E-state index in [0.717, 1.165) is 18.7 Å². The van der Waals surface area contributed by atoms with E-state index in [-0.39, 0.29) is 12.5 Å². The van der Waals surface area contributed by atoms with Gasteiger partial charge in [0.2, 0.25) is 0 Å². The Bertz CT molecular complexity index is 516. The number of nitrogens with one attached hydrogen (secondary N) is 1. The number of aliphatic hydroxyl groups excluding tert-OH is 1. The maximum atomic E-state index is 12.2. The molecule has 0 aromatic heterocycles. The summed E-state index contributed by atoms with van der Waals surface area (Å²) in [7, 11) is 0. The molecule has 1 aromatic rings. The lowest BCUT2D eigenvalue weighted by Crippen LogP contribution is -2.39. The Morgan fingerprint density at radius 2 is 2.17 bits per heavy atom. The van der Waals surface area contributed by atoms with Gasteiger partial charge in [-0.2, -0.15) is 0 Å². The van der Waals surface area contributed by atoms with Crippen LogP contribution in [0.15, 0.2) is 18.2 Å². The Labute approximate surface area is 137 Å². The van der Waals surface area contributed by atoms with Crippen LogP contribution in [0.25, 0.3) is 0 Å². The van der Waals surface area contributed by atoms with Crippen molar-refractivity contribution in [2.75, 3.05) is 39.3 Å². The number of β-amino-alcohol motifs (C(OH)–C–C–N with tert-alkyl or cyclic N) is 1.